The zero-order valence-electron chi connectivity index (χ0n) is 5.54. The van der Waals surface area contributed by atoms with Gasteiger partial charge in [0, 0.05) is 6.54 Å². The van der Waals surface area contributed by atoms with Crippen molar-refractivity contribution in [2.45, 2.75) is 19.4 Å². The summed E-state index contributed by atoms with van der Waals surface area (Å²) in [4.78, 5) is 1.73. The third kappa shape index (κ3) is 1.25. The molecule has 0 amide bonds. The smallest absolute Gasteiger partial charge is 0.182 e. The van der Waals surface area contributed by atoms with Crippen molar-refractivity contribution in [3.8, 4) is 6.07 Å². The van der Waals surface area contributed by atoms with E-state index >= 15 is 0 Å². The second kappa shape index (κ2) is 2.41. The van der Waals surface area contributed by atoms with E-state index in [-0.39, 0.29) is 5.92 Å². The Balaban J connectivity index is 2.46. The lowest BCUT2D eigenvalue weighted by Gasteiger charge is -2.12. The van der Waals surface area contributed by atoms with E-state index in [1.807, 2.05) is 6.92 Å². The molecule has 1 aliphatic rings. The summed E-state index contributed by atoms with van der Waals surface area (Å²) < 4.78 is 0. The van der Waals surface area contributed by atoms with Crippen LogP contribution in [0.3, 0.4) is 0 Å². The number of nitrogens with zero attached hydrogens (tertiary/aromatic N) is 2. The molecular weight excluding hydrogens is 111 g/mol. The van der Waals surface area contributed by atoms with Crippen LogP contribution in [0.5, 0.6) is 0 Å². The number of rotatable bonds is 0. The Morgan fingerprint density at radius 2 is 2.44 bits per heavy atom. The maximum absolute atomic E-state index is 8.47. The molecule has 1 heterocycles. The van der Waals surface area contributed by atoms with Gasteiger partial charge in [0.05, 0.1) is 12.0 Å². The first kappa shape index (κ1) is 6.63. The minimum absolute atomic E-state index is 0.157. The molecule has 1 rings (SSSR count). The zero-order valence-corrected chi connectivity index (χ0v) is 5.54. The predicted molar refractivity (Wildman–Crippen MR) is 35.6 cm³/mol. The van der Waals surface area contributed by atoms with E-state index < -0.39 is 0 Å². The molecule has 1 saturated heterocycles. The quantitative estimate of drug-likeness (QED) is 0.430. The van der Waals surface area contributed by atoms with Crippen LogP contribution in [0.2, 0.25) is 0 Å². The van der Waals surface area contributed by atoms with Crippen LogP contribution in [0.15, 0.2) is 0 Å². The second-order valence-electron chi connectivity index (χ2n) is 2.61. The summed E-state index contributed by atoms with van der Waals surface area (Å²) in [7, 11) is 5.53. The summed E-state index contributed by atoms with van der Waals surface area (Å²) in [5.74, 6) is 0.157. The van der Waals surface area contributed by atoms with Crippen LogP contribution < -0.4 is 0 Å². The number of hydrogen-bond acceptors (Lipinski definition) is 2. The molecular formula is C6H9BN2. The molecule has 2 unspecified atom stereocenters. The van der Waals surface area contributed by atoms with E-state index in [0.29, 0.717) is 6.04 Å². The van der Waals surface area contributed by atoms with Gasteiger partial charge in [-0.25, -0.2) is 0 Å². The molecule has 0 aliphatic carbocycles. The van der Waals surface area contributed by atoms with Gasteiger partial charge in [-0.05, 0) is 12.5 Å². The van der Waals surface area contributed by atoms with Gasteiger partial charge in [0.1, 0.15) is 0 Å². The molecule has 0 aromatic carbocycles. The summed E-state index contributed by atoms with van der Waals surface area (Å²) in [5, 5.41) is 8.47. The number of hydrogen-bond donors (Lipinski definition) is 0. The summed E-state index contributed by atoms with van der Waals surface area (Å²) in [6, 6.07) is 2.59. The van der Waals surface area contributed by atoms with Crippen LogP contribution in [-0.4, -0.2) is 25.4 Å². The fourth-order valence-electron chi connectivity index (χ4n) is 1.15. The first-order valence-corrected chi connectivity index (χ1v) is 3.15. The van der Waals surface area contributed by atoms with Crippen molar-refractivity contribution in [1.82, 2.24) is 4.81 Å². The van der Waals surface area contributed by atoms with Gasteiger partial charge in [0.15, 0.2) is 7.98 Å². The molecule has 3 heteroatoms. The molecule has 9 heavy (non-hydrogen) atoms. The molecule has 0 aromatic rings. The van der Waals surface area contributed by atoms with Crippen molar-refractivity contribution in [2.24, 2.45) is 5.92 Å². The molecule has 0 saturated carbocycles. The number of nitriles is 1. The van der Waals surface area contributed by atoms with Gasteiger partial charge in [0.25, 0.3) is 0 Å². The van der Waals surface area contributed by atoms with Crippen molar-refractivity contribution < 1.29 is 0 Å². The average Bonchev–Trinajstić information content (AvgIpc) is 2.13. The second-order valence-corrected chi connectivity index (χ2v) is 2.61. The summed E-state index contributed by atoms with van der Waals surface area (Å²) >= 11 is 0. The van der Waals surface area contributed by atoms with Gasteiger partial charge in [-0.1, -0.05) is 6.92 Å². The van der Waals surface area contributed by atoms with E-state index in [9.17, 15) is 0 Å². The van der Waals surface area contributed by atoms with E-state index in [4.69, 9.17) is 13.2 Å². The van der Waals surface area contributed by atoms with Gasteiger partial charge < -0.3 is 4.81 Å². The van der Waals surface area contributed by atoms with Crippen LogP contribution in [-0.2, 0) is 0 Å². The van der Waals surface area contributed by atoms with Gasteiger partial charge in [-0.3, -0.25) is 0 Å². The highest BCUT2D eigenvalue weighted by Gasteiger charge is 2.24. The Labute approximate surface area is 56.9 Å². The van der Waals surface area contributed by atoms with Crippen LogP contribution in [0.25, 0.3) is 0 Å². The minimum Gasteiger partial charge on any atom is -0.350 e. The Morgan fingerprint density at radius 3 is 2.67 bits per heavy atom. The summed E-state index contributed by atoms with van der Waals surface area (Å²) in [6.07, 6.45) is 0.924. The van der Waals surface area contributed by atoms with Crippen LogP contribution >= 0.6 is 0 Å². The molecule has 0 N–H and O–H groups in total. The fraction of sp³-hybridized carbons (Fsp3) is 0.833. The first-order chi connectivity index (χ1) is 4.24. The molecule has 1 fully saturated rings. The van der Waals surface area contributed by atoms with Crippen molar-refractivity contribution >= 4 is 7.98 Å². The van der Waals surface area contributed by atoms with E-state index in [1.165, 1.54) is 0 Å². The highest BCUT2D eigenvalue weighted by atomic mass is 15.1. The fourth-order valence-corrected chi connectivity index (χ4v) is 1.15. The van der Waals surface area contributed by atoms with Gasteiger partial charge in [0.2, 0.25) is 0 Å². The van der Waals surface area contributed by atoms with Gasteiger partial charge in [-0.2, -0.15) is 5.26 Å². The SMILES string of the molecule is [B]N1CC(C#N)CC1C. The third-order valence-corrected chi connectivity index (χ3v) is 1.81. The lowest BCUT2D eigenvalue weighted by molar-refractivity contribution is 0.448. The van der Waals surface area contributed by atoms with Crippen molar-refractivity contribution in [3.05, 3.63) is 0 Å². The van der Waals surface area contributed by atoms with Crippen LogP contribution in [0.4, 0.5) is 0 Å². The third-order valence-electron chi connectivity index (χ3n) is 1.81. The average molecular weight is 120 g/mol. The predicted octanol–water partition coefficient (Wildman–Crippen LogP) is 0.304. The van der Waals surface area contributed by atoms with Crippen molar-refractivity contribution in [3.63, 3.8) is 0 Å². The lowest BCUT2D eigenvalue weighted by Crippen LogP contribution is -2.23. The maximum Gasteiger partial charge on any atom is 0.182 e. The largest absolute Gasteiger partial charge is 0.350 e. The molecule has 0 spiro atoms. The summed E-state index contributed by atoms with van der Waals surface area (Å²) in [5.41, 5.74) is 0. The molecule has 1 aliphatic heterocycles. The Morgan fingerprint density at radius 1 is 1.78 bits per heavy atom. The molecule has 0 aromatic heterocycles. The molecule has 2 nitrogen and oxygen atoms in total. The highest BCUT2D eigenvalue weighted by molar-refractivity contribution is 6.04. The highest BCUT2D eigenvalue weighted by Crippen LogP contribution is 2.19. The topological polar surface area (TPSA) is 27.0 Å². The van der Waals surface area contributed by atoms with Crippen molar-refractivity contribution in [1.29, 1.82) is 5.26 Å². The van der Waals surface area contributed by atoms with E-state index in [2.05, 4.69) is 6.07 Å². The standard InChI is InChI=1S/C6H9BN2/c1-5-2-6(3-8)4-9(5)7/h5-6H,2,4H2,1H3. The molecule has 2 radical (unpaired) electrons. The normalized spacial score (nSPS) is 36.4. The Hall–Kier alpha value is -0.485. The molecule has 46 valence electrons. The van der Waals surface area contributed by atoms with Gasteiger partial charge in [-0.15, -0.1) is 0 Å². The van der Waals surface area contributed by atoms with E-state index in [1.54, 1.807) is 4.81 Å². The zero-order chi connectivity index (χ0) is 6.85. The van der Waals surface area contributed by atoms with Crippen molar-refractivity contribution in [2.75, 3.05) is 6.54 Å². The molecule has 0 bridgehead atoms. The summed E-state index contributed by atoms with van der Waals surface area (Å²) in [6.45, 7) is 2.77. The van der Waals surface area contributed by atoms with Crippen LogP contribution in [0.1, 0.15) is 13.3 Å². The minimum atomic E-state index is 0.157. The maximum atomic E-state index is 8.47. The lowest BCUT2D eigenvalue weighted by atomic mass is 10.1. The van der Waals surface area contributed by atoms with Gasteiger partial charge >= 0.3 is 0 Å². The van der Waals surface area contributed by atoms with E-state index in [0.717, 1.165) is 13.0 Å². The molecule has 2 atom stereocenters. The first-order valence-electron chi connectivity index (χ1n) is 3.15. The monoisotopic (exact) mass is 120 g/mol. The Bertz CT molecular complexity index is 130. The van der Waals surface area contributed by atoms with Crippen LogP contribution in [0, 0.1) is 17.2 Å². The Kier molecular flexibility index (Phi) is 1.77.